The van der Waals surface area contributed by atoms with Crippen molar-refractivity contribution in [3.05, 3.63) is 52.5 Å². The minimum absolute atomic E-state index is 0.204. The van der Waals surface area contributed by atoms with Gasteiger partial charge in [-0.1, -0.05) is 11.6 Å². The van der Waals surface area contributed by atoms with Gasteiger partial charge in [-0.15, -0.1) is 0 Å². The first-order valence-corrected chi connectivity index (χ1v) is 10.7. The highest BCUT2D eigenvalue weighted by Crippen LogP contribution is 2.43. The Morgan fingerprint density at radius 2 is 1.85 bits per heavy atom. The number of halogens is 1. The molecule has 0 N–H and O–H groups in total. The van der Waals surface area contributed by atoms with Crippen LogP contribution in [0.1, 0.15) is 17.5 Å². The van der Waals surface area contributed by atoms with Gasteiger partial charge >= 0.3 is 12.1 Å². The zero-order chi connectivity index (χ0) is 23.4. The van der Waals surface area contributed by atoms with Crippen LogP contribution < -0.4 is 14.4 Å². The fraction of sp³-hybridized carbons (Fsp3) is 0.304. The molecular formula is C23H19ClN4O5. The van der Waals surface area contributed by atoms with Gasteiger partial charge in [-0.05, 0) is 55.3 Å². The number of urea groups is 1. The van der Waals surface area contributed by atoms with Gasteiger partial charge in [0.05, 0.1) is 35.5 Å². The van der Waals surface area contributed by atoms with Crippen LogP contribution in [0.15, 0.2) is 36.4 Å². The maximum Gasteiger partial charge on any atom is 0.415 e. The number of likely N-dealkylation sites (tertiary alicyclic amines) is 1. The van der Waals surface area contributed by atoms with E-state index >= 15 is 0 Å². The highest BCUT2D eigenvalue weighted by Gasteiger charge is 2.63. The number of imide groups is 1. The first-order chi connectivity index (χ1) is 15.8. The Balaban J connectivity index is 1.38. The number of nitriles is 1. The number of piperazine rings is 1. The summed E-state index contributed by atoms with van der Waals surface area (Å²) in [6.07, 6.45) is -0.0514. The topological polar surface area (TPSA) is 103 Å². The molecule has 168 valence electrons. The molecule has 0 spiro atoms. The summed E-state index contributed by atoms with van der Waals surface area (Å²) in [5, 5.41) is 9.38. The van der Waals surface area contributed by atoms with E-state index in [2.05, 4.69) is 0 Å². The Morgan fingerprint density at radius 1 is 1.15 bits per heavy atom. The molecule has 0 saturated carbocycles. The minimum Gasteiger partial charge on any atom is -0.497 e. The molecule has 10 heteroatoms. The van der Waals surface area contributed by atoms with E-state index in [1.807, 2.05) is 6.07 Å². The number of carbonyl (C=O) groups excluding carboxylic acids is 3. The lowest BCUT2D eigenvalue weighted by molar-refractivity contribution is -0.121. The van der Waals surface area contributed by atoms with Gasteiger partial charge in [-0.2, -0.15) is 5.26 Å². The average molecular weight is 467 g/mol. The number of hydrogen-bond acceptors (Lipinski definition) is 6. The van der Waals surface area contributed by atoms with E-state index in [0.29, 0.717) is 29.2 Å². The van der Waals surface area contributed by atoms with Gasteiger partial charge in [0.25, 0.3) is 5.91 Å². The molecular weight excluding hydrogens is 448 g/mol. The van der Waals surface area contributed by atoms with Crippen LogP contribution in [0.25, 0.3) is 0 Å². The van der Waals surface area contributed by atoms with Crippen molar-refractivity contribution in [3.8, 4) is 17.6 Å². The molecule has 2 aromatic rings. The molecule has 3 saturated heterocycles. The standard InChI is InChI=1S/C23H19ClN4O5/c1-12-17(8-3-13(10-25)19(12)24)28-21(29)20-18-9-14(27(20)22(28)30)11-26(18)23(31)33-16-6-4-15(32-2)5-7-16/h3-8,14,18,20H,9,11H2,1-2H3/t14-,18?,20-/m1/s1. The van der Waals surface area contributed by atoms with Crippen molar-refractivity contribution in [2.45, 2.75) is 31.5 Å². The molecule has 1 unspecified atom stereocenters. The normalized spacial score (nSPS) is 23.1. The van der Waals surface area contributed by atoms with E-state index in [-0.39, 0.29) is 23.2 Å². The van der Waals surface area contributed by atoms with Gasteiger partial charge in [0, 0.05) is 6.54 Å². The number of nitrogens with zero attached hydrogens (tertiary/aromatic N) is 4. The van der Waals surface area contributed by atoms with Crippen molar-refractivity contribution in [2.24, 2.45) is 0 Å². The summed E-state index contributed by atoms with van der Waals surface area (Å²) < 4.78 is 10.6. The number of methoxy groups -OCH3 is 1. The highest BCUT2D eigenvalue weighted by molar-refractivity contribution is 6.33. The number of carbonyl (C=O) groups is 3. The number of benzene rings is 2. The van der Waals surface area contributed by atoms with Gasteiger partial charge in [0.2, 0.25) is 0 Å². The first kappa shape index (κ1) is 21.1. The van der Waals surface area contributed by atoms with Crippen LogP contribution in [0.2, 0.25) is 5.02 Å². The molecule has 2 aromatic carbocycles. The van der Waals surface area contributed by atoms with Crippen molar-refractivity contribution >= 4 is 35.3 Å². The number of hydrogen-bond donors (Lipinski definition) is 0. The number of amides is 4. The molecule has 0 radical (unpaired) electrons. The Labute approximate surface area is 194 Å². The Hall–Kier alpha value is -3.77. The molecule has 2 bridgehead atoms. The minimum atomic E-state index is -0.784. The number of ether oxygens (including phenoxy) is 2. The van der Waals surface area contributed by atoms with Gasteiger partial charge in [0.1, 0.15) is 23.6 Å². The summed E-state index contributed by atoms with van der Waals surface area (Å²) in [5.74, 6) is 0.580. The maximum atomic E-state index is 13.4. The molecule has 3 aliphatic heterocycles. The Morgan fingerprint density at radius 3 is 2.52 bits per heavy atom. The second kappa shape index (κ2) is 7.67. The molecule has 3 heterocycles. The molecule has 0 aromatic heterocycles. The molecule has 9 nitrogen and oxygen atoms in total. The number of rotatable bonds is 3. The van der Waals surface area contributed by atoms with Crippen LogP contribution >= 0.6 is 11.6 Å². The summed E-state index contributed by atoms with van der Waals surface area (Å²) in [6, 6.07) is 9.67. The van der Waals surface area contributed by atoms with E-state index in [9.17, 15) is 19.6 Å². The zero-order valence-electron chi connectivity index (χ0n) is 17.8. The molecule has 3 aliphatic rings. The fourth-order valence-corrected chi connectivity index (χ4v) is 5.10. The Kier molecular flexibility index (Phi) is 4.91. The lowest BCUT2D eigenvalue weighted by Gasteiger charge is -2.34. The molecule has 3 fully saturated rings. The lowest BCUT2D eigenvalue weighted by Crippen LogP contribution is -2.55. The van der Waals surface area contributed by atoms with Crippen LogP contribution in [0, 0.1) is 18.3 Å². The number of fused-ring (bicyclic) bond motifs is 5. The predicted octanol–water partition coefficient (Wildman–Crippen LogP) is 3.32. The monoisotopic (exact) mass is 466 g/mol. The van der Waals surface area contributed by atoms with Gasteiger partial charge in [-0.3, -0.25) is 4.79 Å². The van der Waals surface area contributed by atoms with Crippen LogP contribution in [-0.2, 0) is 4.79 Å². The molecule has 33 heavy (non-hydrogen) atoms. The third-order valence-corrected chi connectivity index (χ3v) is 6.97. The van der Waals surface area contributed by atoms with Gasteiger partial charge in [-0.25, -0.2) is 14.5 Å². The molecule has 3 atom stereocenters. The number of anilines is 1. The average Bonchev–Trinajstić information content (AvgIpc) is 3.48. The van der Waals surface area contributed by atoms with E-state index in [4.69, 9.17) is 21.1 Å². The van der Waals surface area contributed by atoms with E-state index in [0.717, 1.165) is 4.90 Å². The lowest BCUT2D eigenvalue weighted by atomic mass is 10.1. The van der Waals surface area contributed by atoms with Crippen molar-refractivity contribution in [2.75, 3.05) is 18.6 Å². The van der Waals surface area contributed by atoms with Gasteiger partial charge in [0.15, 0.2) is 0 Å². The van der Waals surface area contributed by atoms with E-state index in [1.165, 1.54) is 11.0 Å². The highest BCUT2D eigenvalue weighted by atomic mass is 35.5. The fourth-order valence-electron chi connectivity index (χ4n) is 4.90. The van der Waals surface area contributed by atoms with Crippen LogP contribution in [-0.4, -0.2) is 59.6 Å². The van der Waals surface area contributed by atoms with Gasteiger partial charge < -0.3 is 19.3 Å². The summed E-state index contributed by atoms with van der Waals surface area (Å²) >= 11 is 6.26. The van der Waals surface area contributed by atoms with Crippen molar-refractivity contribution in [3.63, 3.8) is 0 Å². The van der Waals surface area contributed by atoms with Crippen LogP contribution in [0.3, 0.4) is 0 Å². The van der Waals surface area contributed by atoms with E-state index < -0.39 is 30.1 Å². The van der Waals surface area contributed by atoms with Crippen molar-refractivity contribution in [1.82, 2.24) is 9.80 Å². The summed E-state index contributed by atoms with van der Waals surface area (Å²) in [7, 11) is 1.55. The quantitative estimate of drug-likeness (QED) is 0.643. The molecule has 4 amide bonds. The third-order valence-electron chi connectivity index (χ3n) is 6.48. The predicted molar refractivity (Wildman–Crippen MR) is 117 cm³/mol. The van der Waals surface area contributed by atoms with Crippen molar-refractivity contribution in [1.29, 1.82) is 5.26 Å². The summed E-state index contributed by atoms with van der Waals surface area (Å²) in [6.45, 7) is 1.95. The molecule has 0 aliphatic carbocycles. The second-order valence-corrected chi connectivity index (χ2v) is 8.52. The zero-order valence-corrected chi connectivity index (χ0v) is 18.6. The van der Waals surface area contributed by atoms with Crippen LogP contribution in [0.4, 0.5) is 15.3 Å². The first-order valence-electron chi connectivity index (χ1n) is 10.3. The SMILES string of the molecule is COc1ccc(OC(=O)N2C[C@H]3CC2[C@@H]2C(=O)N(c4ccc(C#N)c(Cl)c4C)C(=O)N32)cc1. The van der Waals surface area contributed by atoms with Crippen molar-refractivity contribution < 1.29 is 23.9 Å². The second-order valence-electron chi connectivity index (χ2n) is 8.14. The van der Waals surface area contributed by atoms with Crippen LogP contribution in [0.5, 0.6) is 11.5 Å². The molecule has 5 rings (SSSR count). The maximum absolute atomic E-state index is 13.4. The van der Waals surface area contributed by atoms with E-state index in [1.54, 1.807) is 49.3 Å². The largest absolute Gasteiger partial charge is 0.497 e. The third kappa shape index (κ3) is 3.09. The summed E-state index contributed by atoms with van der Waals surface area (Å²) in [4.78, 5) is 43.6. The summed E-state index contributed by atoms with van der Waals surface area (Å²) in [5.41, 5.74) is 1.09. The Bertz CT molecular complexity index is 1220. The smallest absolute Gasteiger partial charge is 0.415 e.